The Morgan fingerprint density at radius 2 is 1.71 bits per heavy atom. The van der Waals surface area contributed by atoms with E-state index in [-0.39, 0.29) is 22.5 Å². The van der Waals surface area contributed by atoms with Crippen molar-refractivity contribution >= 4 is 21.7 Å². The van der Waals surface area contributed by atoms with Gasteiger partial charge in [0.2, 0.25) is 10.0 Å². The Balaban J connectivity index is 3.24. The summed E-state index contributed by atoms with van der Waals surface area (Å²) in [5, 5.41) is 12.3. The van der Waals surface area contributed by atoms with Gasteiger partial charge in [0.15, 0.2) is 0 Å². The van der Waals surface area contributed by atoms with Gasteiger partial charge in [0, 0.05) is 12.1 Å². The van der Waals surface area contributed by atoms with Crippen LogP contribution in [-0.2, 0) is 10.0 Å². The van der Waals surface area contributed by atoms with E-state index in [4.69, 9.17) is 5.11 Å². The third-order valence-corrected chi connectivity index (χ3v) is 5.35. The summed E-state index contributed by atoms with van der Waals surface area (Å²) in [6, 6.07) is 4.03. The van der Waals surface area contributed by atoms with Crippen LogP contribution in [0.1, 0.15) is 63.7 Å². The minimum absolute atomic E-state index is 0.0201. The van der Waals surface area contributed by atoms with Gasteiger partial charge < -0.3 is 10.4 Å². The van der Waals surface area contributed by atoms with Crippen molar-refractivity contribution in [3.05, 3.63) is 23.8 Å². The highest BCUT2D eigenvalue weighted by Crippen LogP contribution is 2.25. The molecule has 2 unspecified atom stereocenters. The van der Waals surface area contributed by atoms with Gasteiger partial charge in [-0.05, 0) is 44.9 Å². The molecule has 0 radical (unpaired) electrons. The Bertz CT molecular complexity index is 659. The number of anilines is 1. The van der Waals surface area contributed by atoms with E-state index in [1.54, 1.807) is 6.92 Å². The standard InChI is InChI=1S/C17H28N2O4S/c1-5-7-12(3)18-15-10-9-14(17(20)21)11-16(15)24(22,23)19-13(4)8-6-2/h9-13,18-19H,5-8H2,1-4H3,(H,20,21). The molecule has 2 atom stereocenters. The van der Waals surface area contributed by atoms with Crippen molar-refractivity contribution in [3.8, 4) is 0 Å². The molecule has 0 aliphatic heterocycles. The van der Waals surface area contributed by atoms with E-state index in [9.17, 15) is 13.2 Å². The Kier molecular flexibility index (Phi) is 7.69. The van der Waals surface area contributed by atoms with Crippen molar-refractivity contribution in [1.29, 1.82) is 0 Å². The summed E-state index contributed by atoms with van der Waals surface area (Å²) in [4.78, 5) is 11.2. The maximum Gasteiger partial charge on any atom is 0.335 e. The number of benzene rings is 1. The summed E-state index contributed by atoms with van der Waals surface area (Å²) in [6.07, 6.45) is 3.43. The minimum Gasteiger partial charge on any atom is -0.478 e. The molecular weight excluding hydrogens is 328 g/mol. The van der Waals surface area contributed by atoms with Gasteiger partial charge in [-0.15, -0.1) is 0 Å². The van der Waals surface area contributed by atoms with Crippen LogP contribution >= 0.6 is 0 Å². The molecule has 1 aromatic rings. The number of carboxylic acid groups (broad SMARTS) is 1. The minimum atomic E-state index is -3.80. The van der Waals surface area contributed by atoms with Gasteiger partial charge in [0.05, 0.1) is 11.3 Å². The molecule has 0 aliphatic carbocycles. The molecule has 0 aliphatic rings. The monoisotopic (exact) mass is 356 g/mol. The Labute approximate surface area is 144 Å². The number of aromatic carboxylic acids is 1. The first kappa shape index (κ1) is 20.4. The van der Waals surface area contributed by atoms with Crippen molar-refractivity contribution in [2.24, 2.45) is 0 Å². The van der Waals surface area contributed by atoms with Gasteiger partial charge in [-0.25, -0.2) is 17.9 Å². The summed E-state index contributed by atoms with van der Waals surface area (Å²) in [7, 11) is -3.80. The topological polar surface area (TPSA) is 95.5 Å². The van der Waals surface area contributed by atoms with E-state index in [2.05, 4.69) is 17.0 Å². The maximum absolute atomic E-state index is 12.7. The number of carbonyl (C=O) groups is 1. The molecule has 0 amide bonds. The van der Waals surface area contributed by atoms with Crippen molar-refractivity contribution < 1.29 is 18.3 Å². The quantitative estimate of drug-likeness (QED) is 0.597. The fourth-order valence-electron chi connectivity index (χ4n) is 2.59. The van der Waals surface area contributed by atoms with Crippen LogP contribution in [0.2, 0.25) is 0 Å². The number of hydrogen-bond acceptors (Lipinski definition) is 4. The summed E-state index contributed by atoms with van der Waals surface area (Å²) < 4.78 is 28.0. The molecule has 0 fully saturated rings. The number of rotatable bonds is 10. The van der Waals surface area contributed by atoms with Crippen LogP contribution in [0, 0.1) is 0 Å². The SMILES string of the molecule is CCCC(C)Nc1ccc(C(=O)O)cc1S(=O)(=O)NC(C)CCC. The summed E-state index contributed by atoms with van der Waals surface area (Å²) >= 11 is 0. The van der Waals surface area contributed by atoms with Crippen LogP contribution in [0.15, 0.2) is 23.1 Å². The first-order chi connectivity index (χ1) is 11.2. The molecule has 6 nitrogen and oxygen atoms in total. The fraction of sp³-hybridized carbons (Fsp3) is 0.588. The van der Waals surface area contributed by atoms with Gasteiger partial charge in [-0.1, -0.05) is 26.7 Å². The lowest BCUT2D eigenvalue weighted by atomic mass is 10.1. The molecule has 136 valence electrons. The highest BCUT2D eigenvalue weighted by atomic mass is 32.2. The van der Waals surface area contributed by atoms with Crippen molar-refractivity contribution in [1.82, 2.24) is 4.72 Å². The summed E-state index contributed by atoms with van der Waals surface area (Å²) in [5.41, 5.74) is 0.379. The molecule has 1 rings (SSSR count). The molecule has 0 bridgehead atoms. The van der Waals surface area contributed by atoms with Gasteiger partial charge in [-0.2, -0.15) is 0 Å². The molecule has 7 heteroatoms. The number of nitrogens with one attached hydrogen (secondary N) is 2. The van der Waals surface area contributed by atoms with E-state index in [1.165, 1.54) is 18.2 Å². The third kappa shape index (κ3) is 5.79. The zero-order chi connectivity index (χ0) is 18.3. The van der Waals surface area contributed by atoms with Crippen molar-refractivity contribution in [3.63, 3.8) is 0 Å². The highest BCUT2D eigenvalue weighted by Gasteiger charge is 2.23. The second-order valence-corrected chi connectivity index (χ2v) is 7.84. The molecule has 1 aromatic carbocycles. The molecule has 0 spiro atoms. The summed E-state index contributed by atoms with van der Waals surface area (Å²) in [6.45, 7) is 7.81. The lowest BCUT2D eigenvalue weighted by Gasteiger charge is -2.20. The third-order valence-electron chi connectivity index (χ3n) is 3.72. The lowest BCUT2D eigenvalue weighted by Crippen LogP contribution is -2.33. The van der Waals surface area contributed by atoms with Crippen LogP contribution in [0.3, 0.4) is 0 Å². The molecule has 3 N–H and O–H groups in total. The van der Waals surface area contributed by atoms with E-state index in [0.29, 0.717) is 12.1 Å². The zero-order valence-corrected chi connectivity index (χ0v) is 15.6. The molecule has 0 saturated carbocycles. The smallest absolute Gasteiger partial charge is 0.335 e. The Morgan fingerprint density at radius 3 is 2.25 bits per heavy atom. The van der Waals surface area contributed by atoms with Crippen LogP contribution in [0.4, 0.5) is 5.69 Å². The van der Waals surface area contributed by atoms with Gasteiger partial charge in [-0.3, -0.25) is 0 Å². The number of sulfonamides is 1. The predicted octanol–water partition coefficient (Wildman–Crippen LogP) is 3.45. The van der Waals surface area contributed by atoms with Crippen LogP contribution < -0.4 is 10.0 Å². The van der Waals surface area contributed by atoms with Crippen LogP contribution in [-0.4, -0.2) is 31.6 Å². The average molecular weight is 356 g/mol. The van der Waals surface area contributed by atoms with Gasteiger partial charge in [0.25, 0.3) is 0 Å². The second-order valence-electron chi connectivity index (χ2n) is 6.16. The first-order valence-electron chi connectivity index (χ1n) is 8.37. The van der Waals surface area contributed by atoms with Crippen LogP contribution in [0.5, 0.6) is 0 Å². The van der Waals surface area contributed by atoms with Crippen LogP contribution in [0.25, 0.3) is 0 Å². The van der Waals surface area contributed by atoms with Gasteiger partial charge in [0.1, 0.15) is 4.90 Å². The average Bonchev–Trinajstić information content (AvgIpc) is 2.47. The number of carboxylic acids is 1. The molecule has 0 heterocycles. The van der Waals surface area contributed by atoms with E-state index < -0.39 is 16.0 Å². The first-order valence-corrected chi connectivity index (χ1v) is 9.85. The van der Waals surface area contributed by atoms with Crippen molar-refractivity contribution in [2.75, 3.05) is 5.32 Å². The summed E-state index contributed by atoms with van der Waals surface area (Å²) in [5.74, 6) is -1.15. The maximum atomic E-state index is 12.7. The van der Waals surface area contributed by atoms with Crippen molar-refractivity contribution in [2.45, 2.75) is 70.4 Å². The van der Waals surface area contributed by atoms with E-state index in [0.717, 1.165) is 19.3 Å². The predicted molar refractivity (Wildman–Crippen MR) is 96.1 cm³/mol. The Morgan fingerprint density at radius 1 is 1.12 bits per heavy atom. The largest absolute Gasteiger partial charge is 0.478 e. The fourth-order valence-corrected chi connectivity index (χ4v) is 4.06. The molecule has 24 heavy (non-hydrogen) atoms. The van der Waals surface area contributed by atoms with E-state index >= 15 is 0 Å². The normalized spacial score (nSPS) is 14.2. The Hall–Kier alpha value is -1.60. The van der Waals surface area contributed by atoms with Gasteiger partial charge >= 0.3 is 5.97 Å². The zero-order valence-electron chi connectivity index (χ0n) is 14.8. The van der Waals surface area contributed by atoms with E-state index in [1.807, 2.05) is 13.8 Å². The molecule has 0 saturated heterocycles. The number of hydrogen-bond donors (Lipinski definition) is 3. The molecular formula is C17H28N2O4S. The molecule has 0 aromatic heterocycles. The lowest BCUT2D eigenvalue weighted by molar-refractivity contribution is 0.0696. The highest BCUT2D eigenvalue weighted by molar-refractivity contribution is 7.89. The second kappa shape index (κ2) is 9.03.